The maximum Gasteiger partial charge on any atom is 0.229 e. The fraction of sp³-hybridized carbons (Fsp3) is 0.632. The molecule has 0 bridgehead atoms. The standard InChI is InChI=1S/C19H25F2NO/c1-13(2)22-17(23)19(6-4-5-7-19)9-8-18(22,3)14-10-15(20)12-16(21)11-14/h10-13H,4-9H2,1-3H3/t18-/m0/s1. The van der Waals surface area contributed by atoms with Gasteiger partial charge in [0.05, 0.1) is 5.54 Å². The topological polar surface area (TPSA) is 20.3 Å². The van der Waals surface area contributed by atoms with Crippen LogP contribution in [-0.2, 0) is 10.3 Å². The normalized spacial score (nSPS) is 27.2. The molecular weight excluding hydrogens is 296 g/mol. The van der Waals surface area contributed by atoms with Crippen molar-refractivity contribution in [1.82, 2.24) is 4.90 Å². The van der Waals surface area contributed by atoms with Gasteiger partial charge in [0.2, 0.25) is 5.91 Å². The molecule has 23 heavy (non-hydrogen) atoms. The van der Waals surface area contributed by atoms with Crippen LogP contribution in [0.4, 0.5) is 8.78 Å². The van der Waals surface area contributed by atoms with Crippen molar-refractivity contribution in [2.24, 2.45) is 5.41 Å². The molecule has 0 radical (unpaired) electrons. The van der Waals surface area contributed by atoms with E-state index in [2.05, 4.69) is 0 Å². The van der Waals surface area contributed by atoms with Crippen LogP contribution in [0.25, 0.3) is 0 Å². The maximum absolute atomic E-state index is 13.7. The summed E-state index contributed by atoms with van der Waals surface area (Å²) in [5, 5.41) is 0. The van der Waals surface area contributed by atoms with Crippen LogP contribution in [0.15, 0.2) is 18.2 Å². The Bertz CT molecular complexity index is 602. The molecule has 126 valence electrons. The van der Waals surface area contributed by atoms with Crippen LogP contribution >= 0.6 is 0 Å². The lowest BCUT2D eigenvalue weighted by molar-refractivity contribution is -0.160. The van der Waals surface area contributed by atoms with Crippen LogP contribution in [0.3, 0.4) is 0 Å². The number of halogens is 2. The third kappa shape index (κ3) is 2.56. The first-order chi connectivity index (χ1) is 10.8. The van der Waals surface area contributed by atoms with Crippen LogP contribution < -0.4 is 0 Å². The van der Waals surface area contributed by atoms with Crippen molar-refractivity contribution in [3.63, 3.8) is 0 Å². The number of nitrogens with zero attached hydrogens (tertiary/aromatic N) is 1. The molecule has 1 saturated heterocycles. The van der Waals surface area contributed by atoms with Crippen molar-refractivity contribution in [3.8, 4) is 0 Å². The van der Waals surface area contributed by atoms with Crippen LogP contribution in [0.2, 0.25) is 0 Å². The van der Waals surface area contributed by atoms with Crippen LogP contribution in [0.1, 0.15) is 64.9 Å². The van der Waals surface area contributed by atoms with Crippen molar-refractivity contribution in [2.45, 2.75) is 70.9 Å². The summed E-state index contributed by atoms with van der Waals surface area (Å²) in [4.78, 5) is 15.2. The summed E-state index contributed by atoms with van der Waals surface area (Å²) in [6, 6.07) is 3.63. The molecule has 1 aromatic carbocycles. The average Bonchev–Trinajstić information content (AvgIpc) is 2.92. The van der Waals surface area contributed by atoms with Gasteiger partial charge in [0.1, 0.15) is 11.6 Å². The Hall–Kier alpha value is -1.45. The summed E-state index contributed by atoms with van der Waals surface area (Å²) in [6.07, 6.45) is 5.65. The smallest absolute Gasteiger partial charge is 0.229 e. The summed E-state index contributed by atoms with van der Waals surface area (Å²) < 4.78 is 27.5. The maximum atomic E-state index is 13.7. The Balaban J connectivity index is 2.05. The van der Waals surface area contributed by atoms with E-state index in [9.17, 15) is 13.6 Å². The van der Waals surface area contributed by atoms with E-state index < -0.39 is 17.2 Å². The number of rotatable bonds is 2. The first-order valence-electron chi connectivity index (χ1n) is 8.59. The average molecular weight is 321 g/mol. The molecule has 1 amide bonds. The number of carbonyl (C=O) groups is 1. The SMILES string of the molecule is CC(C)N1C(=O)C2(CCCC2)CC[C@@]1(C)c1cc(F)cc(F)c1. The molecular formula is C19H25F2NO. The summed E-state index contributed by atoms with van der Waals surface area (Å²) in [5.41, 5.74) is -0.331. The second-order valence-corrected chi connectivity index (χ2v) is 7.69. The number of amides is 1. The number of carbonyl (C=O) groups excluding carboxylic acids is 1. The lowest BCUT2D eigenvalue weighted by atomic mass is 9.69. The van der Waals surface area contributed by atoms with Gasteiger partial charge >= 0.3 is 0 Å². The first-order valence-corrected chi connectivity index (χ1v) is 8.59. The summed E-state index contributed by atoms with van der Waals surface area (Å²) >= 11 is 0. The van der Waals surface area contributed by atoms with E-state index in [1.165, 1.54) is 12.1 Å². The second-order valence-electron chi connectivity index (χ2n) is 7.69. The van der Waals surface area contributed by atoms with Gasteiger partial charge in [-0.2, -0.15) is 0 Å². The summed E-state index contributed by atoms with van der Waals surface area (Å²) in [6.45, 7) is 5.92. The fourth-order valence-electron chi connectivity index (χ4n) is 4.66. The largest absolute Gasteiger partial charge is 0.330 e. The van der Waals surface area contributed by atoms with E-state index in [4.69, 9.17) is 0 Å². The Morgan fingerprint density at radius 2 is 1.57 bits per heavy atom. The van der Waals surface area contributed by atoms with Gasteiger partial charge in [-0.1, -0.05) is 12.8 Å². The second kappa shape index (κ2) is 5.57. The van der Waals surface area contributed by atoms with Crippen molar-refractivity contribution < 1.29 is 13.6 Å². The van der Waals surface area contributed by atoms with Gasteiger partial charge < -0.3 is 4.90 Å². The summed E-state index contributed by atoms with van der Waals surface area (Å²) in [7, 11) is 0. The minimum atomic E-state index is -0.651. The molecule has 1 heterocycles. The van der Waals surface area contributed by atoms with Crippen LogP contribution in [0, 0.1) is 17.0 Å². The lowest BCUT2D eigenvalue weighted by Crippen LogP contribution is -2.60. The highest BCUT2D eigenvalue weighted by Gasteiger charge is 2.53. The van der Waals surface area contributed by atoms with Crippen LogP contribution in [-0.4, -0.2) is 16.8 Å². The minimum Gasteiger partial charge on any atom is -0.330 e. The van der Waals surface area contributed by atoms with Crippen molar-refractivity contribution in [3.05, 3.63) is 35.4 Å². The lowest BCUT2D eigenvalue weighted by Gasteiger charge is -2.53. The van der Waals surface area contributed by atoms with Gasteiger partial charge in [-0.05, 0) is 64.2 Å². The first kappa shape index (κ1) is 16.4. The molecule has 3 rings (SSSR count). The molecule has 4 heteroatoms. The van der Waals surface area contributed by atoms with Gasteiger partial charge in [0.25, 0.3) is 0 Å². The molecule has 1 spiro atoms. The molecule has 2 fully saturated rings. The number of piperidine rings is 1. The van der Waals surface area contributed by atoms with E-state index in [1.807, 2.05) is 25.7 Å². The van der Waals surface area contributed by atoms with Crippen molar-refractivity contribution >= 4 is 5.91 Å². The Kier molecular flexibility index (Phi) is 3.97. The molecule has 2 nitrogen and oxygen atoms in total. The van der Waals surface area contributed by atoms with E-state index >= 15 is 0 Å². The van der Waals surface area contributed by atoms with Crippen LogP contribution in [0.5, 0.6) is 0 Å². The van der Waals surface area contributed by atoms with Gasteiger partial charge in [0, 0.05) is 17.5 Å². The molecule has 1 aliphatic carbocycles. The zero-order chi connectivity index (χ0) is 16.8. The highest BCUT2D eigenvalue weighted by atomic mass is 19.1. The molecule has 1 aromatic rings. The highest BCUT2D eigenvalue weighted by molar-refractivity contribution is 5.85. The fourth-order valence-corrected chi connectivity index (χ4v) is 4.66. The van der Waals surface area contributed by atoms with E-state index in [0.29, 0.717) is 5.56 Å². The number of benzene rings is 1. The monoisotopic (exact) mass is 321 g/mol. The van der Waals surface area contributed by atoms with Gasteiger partial charge in [-0.25, -0.2) is 8.78 Å². The van der Waals surface area contributed by atoms with Crippen molar-refractivity contribution in [2.75, 3.05) is 0 Å². The Morgan fingerprint density at radius 1 is 1.00 bits per heavy atom. The predicted molar refractivity (Wildman–Crippen MR) is 85.8 cm³/mol. The zero-order valence-electron chi connectivity index (χ0n) is 14.2. The number of likely N-dealkylation sites (tertiary alicyclic amines) is 1. The van der Waals surface area contributed by atoms with Gasteiger partial charge in [-0.3, -0.25) is 4.79 Å². The molecule has 0 N–H and O–H groups in total. The molecule has 2 aliphatic rings. The minimum absolute atomic E-state index is 0.00314. The third-order valence-corrected chi connectivity index (χ3v) is 5.86. The molecule has 0 aromatic heterocycles. The summed E-state index contributed by atoms with van der Waals surface area (Å²) in [5.74, 6) is -1.000. The molecule has 1 saturated carbocycles. The predicted octanol–water partition coefficient (Wildman–Crippen LogP) is 4.77. The third-order valence-electron chi connectivity index (χ3n) is 5.86. The Morgan fingerprint density at radius 3 is 2.09 bits per heavy atom. The van der Waals surface area contributed by atoms with Gasteiger partial charge in [0.15, 0.2) is 0 Å². The molecule has 1 aliphatic heterocycles. The Labute approximate surface area is 136 Å². The number of hydrogen-bond donors (Lipinski definition) is 0. The highest BCUT2D eigenvalue weighted by Crippen LogP contribution is 2.52. The quantitative estimate of drug-likeness (QED) is 0.768. The van der Waals surface area contributed by atoms with Gasteiger partial charge in [-0.15, -0.1) is 0 Å². The zero-order valence-corrected chi connectivity index (χ0v) is 14.2. The van der Waals surface area contributed by atoms with Crippen molar-refractivity contribution in [1.29, 1.82) is 0 Å². The molecule has 0 unspecified atom stereocenters. The number of hydrogen-bond acceptors (Lipinski definition) is 1. The van der Waals surface area contributed by atoms with E-state index in [0.717, 1.165) is 44.6 Å². The molecule has 1 atom stereocenters. The van der Waals surface area contributed by atoms with E-state index in [-0.39, 0.29) is 17.4 Å². The van der Waals surface area contributed by atoms with E-state index in [1.54, 1.807) is 0 Å².